The minimum absolute atomic E-state index is 0.902. The van der Waals surface area contributed by atoms with Crippen LogP contribution in [0.25, 0.3) is 254 Å². The Morgan fingerprint density at radius 2 is 0.409 bits per heavy atom. The third kappa shape index (κ3) is 17.3. The van der Waals surface area contributed by atoms with Gasteiger partial charge in [-0.1, -0.05) is 452 Å². The highest BCUT2D eigenvalue weighted by Gasteiger charge is 2.24. The van der Waals surface area contributed by atoms with E-state index in [1.54, 1.807) is 0 Å². The lowest BCUT2D eigenvalue weighted by molar-refractivity contribution is 0.669. The summed E-state index contributed by atoms with van der Waals surface area (Å²) < 4.78 is 20.2. The lowest BCUT2D eigenvalue weighted by Crippen LogP contribution is -1.94. The van der Waals surface area contributed by atoms with E-state index < -0.39 is 0 Å². The molecular formula is C140H90Br4N4O. The van der Waals surface area contributed by atoms with Crippen LogP contribution in [0, 0.1) is 0 Å². The molecule has 0 bridgehead atoms. The van der Waals surface area contributed by atoms with E-state index in [0.29, 0.717) is 0 Å². The molecule has 24 aromatic carbocycles. The van der Waals surface area contributed by atoms with Crippen molar-refractivity contribution in [2.45, 2.75) is 0 Å². The molecule has 0 saturated heterocycles. The van der Waals surface area contributed by atoms with Crippen LogP contribution < -0.4 is 0 Å². The molecule has 0 radical (unpaired) electrons. The highest BCUT2D eigenvalue weighted by Crippen LogP contribution is 2.47. The van der Waals surface area contributed by atoms with E-state index in [4.69, 9.17) is 4.42 Å². The molecule has 5 nitrogen and oxygen atoms in total. The van der Waals surface area contributed by atoms with E-state index in [2.05, 4.69) is 628 Å². The fourth-order valence-electron chi connectivity index (χ4n) is 22.2. The van der Waals surface area contributed by atoms with Crippen LogP contribution in [0.2, 0.25) is 0 Å². The molecular weight excluding hydrogens is 2070 g/mol. The zero-order chi connectivity index (χ0) is 99.5. The molecule has 704 valence electrons. The van der Waals surface area contributed by atoms with Crippen molar-refractivity contribution in [2.75, 3.05) is 0 Å². The second-order valence-electron chi connectivity index (χ2n) is 37.8. The predicted molar refractivity (Wildman–Crippen MR) is 645 cm³/mol. The summed E-state index contributed by atoms with van der Waals surface area (Å²) in [6.07, 6.45) is 0. The standard InChI is InChI=1S/C40H24BrNO.C36H24BrN.C34H22BrN.C30H20BrN/c41-28-10-7-9-26(22-28)30-11-3-4-12-31(30)27-16-19-34-33-14-5-6-15-36(33)42(37(34)23-27)29-18-21-38-35(24-29)40-32-13-2-1-8-25(32)17-20-39(40)43-38;37-29-19-14-27(15-20-29)31-10-4-5-11-32(31)28-18-23-34-33-12-6-7-13-35(33)38(36(34)24-28)30-21-16-26(17-22-30)25-8-2-1-3-9-25;35-27-17-13-24(14-18-27)29-9-3-4-10-30(29)26-16-20-32-31-11-5-6-12-33(31)36(34(32)22-26)28-19-15-23-7-1-2-8-25(23)21-28;31-23-17-14-21(15-18-23)25-10-4-5-11-26(25)22-16-19-28-27-12-6-7-13-29(27)32(30(28)20-22)24-8-2-1-3-9-24/h1-24H;1-24H;1-22H;1-20H. The average Bonchev–Trinajstić information content (AvgIpc) is 1.57. The number of para-hydroxylation sites is 5. The van der Waals surface area contributed by atoms with Gasteiger partial charge in [0.1, 0.15) is 11.2 Å². The maximum absolute atomic E-state index is 6.34. The second-order valence-corrected chi connectivity index (χ2v) is 41.4. The number of hydrogen-bond acceptors (Lipinski definition) is 1. The summed E-state index contributed by atoms with van der Waals surface area (Å²) in [6, 6.07) is 196. The zero-order valence-corrected chi connectivity index (χ0v) is 87.0. The SMILES string of the molecule is Brc1ccc(-c2ccccc2-c2ccc3c4ccccc4n(-c4ccc(-c5ccccc5)cc4)c3c2)cc1.Brc1ccc(-c2ccccc2-c2ccc3c4ccccc4n(-c4ccc5ccccc5c4)c3c2)cc1.Brc1ccc(-c2ccccc2-c2ccc3c4ccccc4n(-c4ccccc4)c3c2)cc1.Brc1cccc(-c2ccccc2-c2ccc3c4ccccc4n(-c4ccc5oc6ccc7ccccc7c6c5c4)c3c2)c1. The molecule has 0 amide bonds. The molecule has 0 saturated carbocycles. The first kappa shape index (κ1) is 91.6. The van der Waals surface area contributed by atoms with Crippen LogP contribution in [0.15, 0.2) is 568 Å². The Balaban J connectivity index is 0.000000101. The maximum Gasteiger partial charge on any atom is 0.136 e. The summed E-state index contributed by atoms with van der Waals surface area (Å²) in [5, 5.41) is 17.3. The van der Waals surface area contributed by atoms with Crippen molar-refractivity contribution >= 4 is 194 Å². The normalized spacial score (nSPS) is 11.5. The number of benzene rings is 24. The second kappa shape index (κ2) is 39.6. The number of nitrogens with zero attached hydrogens (tertiary/aromatic N) is 4. The van der Waals surface area contributed by atoms with Crippen LogP contribution in [-0.4, -0.2) is 18.3 Å². The number of hydrogen-bond donors (Lipinski definition) is 0. The van der Waals surface area contributed by atoms with Crippen molar-refractivity contribution in [3.05, 3.63) is 564 Å². The van der Waals surface area contributed by atoms with Crippen molar-refractivity contribution in [3.8, 4) is 123 Å². The van der Waals surface area contributed by atoms with Crippen molar-refractivity contribution < 1.29 is 4.42 Å². The van der Waals surface area contributed by atoms with Gasteiger partial charge in [-0.05, 0) is 279 Å². The van der Waals surface area contributed by atoms with Crippen molar-refractivity contribution in [1.82, 2.24) is 18.3 Å². The summed E-state index contributed by atoms with van der Waals surface area (Å²) in [7, 11) is 0. The Hall–Kier alpha value is -17.3. The summed E-state index contributed by atoms with van der Waals surface area (Å²) in [6.45, 7) is 0. The van der Waals surface area contributed by atoms with Gasteiger partial charge in [0, 0.05) is 94.5 Å². The molecule has 149 heavy (non-hydrogen) atoms. The van der Waals surface area contributed by atoms with E-state index in [-0.39, 0.29) is 0 Å². The minimum Gasteiger partial charge on any atom is -0.456 e. The van der Waals surface area contributed by atoms with Crippen LogP contribution in [0.5, 0.6) is 0 Å². The Kier molecular flexibility index (Phi) is 24.3. The Morgan fingerprint density at radius 1 is 0.134 bits per heavy atom. The number of halogens is 4. The topological polar surface area (TPSA) is 32.9 Å². The average molecular weight is 2160 g/mol. The Morgan fingerprint density at radius 3 is 0.826 bits per heavy atom. The van der Waals surface area contributed by atoms with Gasteiger partial charge >= 0.3 is 0 Å². The van der Waals surface area contributed by atoms with E-state index >= 15 is 0 Å². The fraction of sp³-hybridized carbons (Fsp3) is 0. The molecule has 9 heteroatoms. The lowest BCUT2D eigenvalue weighted by atomic mass is 9.94. The smallest absolute Gasteiger partial charge is 0.136 e. The molecule has 0 unspecified atom stereocenters. The molecule has 29 aromatic rings. The van der Waals surface area contributed by atoms with Crippen LogP contribution in [0.4, 0.5) is 0 Å². The first-order chi connectivity index (χ1) is 73.5. The highest BCUT2D eigenvalue weighted by molar-refractivity contribution is 9.11. The molecule has 0 aliphatic rings. The predicted octanol–water partition coefficient (Wildman–Crippen LogP) is 41.4. The van der Waals surface area contributed by atoms with Gasteiger partial charge < -0.3 is 22.7 Å². The monoisotopic (exact) mass is 2160 g/mol. The Labute approximate surface area is 895 Å². The van der Waals surface area contributed by atoms with Gasteiger partial charge in [0.05, 0.1) is 44.1 Å². The molecule has 5 aromatic heterocycles. The summed E-state index contributed by atoms with van der Waals surface area (Å²) in [4.78, 5) is 0. The van der Waals surface area contributed by atoms with Gasteiger partial charge in [-0.25, -0.2) is 0 Å². The van der Waals surface area contributed by atoms with E-state index in [0.717, 1.165) is 45.8 Å². The van der Waals surface area contributed by atoms with Crippen molar-refractivity contribution in [1.29, 1.82) is 0 Å². The van der Waals surface area contributed by atoms with Gasteiger partial charge in [-0.3, -0.25) is 0 Å². The molecule has 0 N–H and O–H groups in total. The van der Waals surface area contributed by atoms with E-state index in [1.807, 2.05) is 0 Å². The molecule has 0 fully saturated rings. The van der Waals surface area contributed by atoms with Gasteiger partial charge in [-0.2, -0.15) is 0 Å². The molecule has 0 atom stereocenters. The number of fused-ring (bicyclic) bond motifs is 18. The third-order valence-corrected chi connectivity index (χ3v) is 31.2. The van der Waals surface area contributed by atoms with Crippen LogP contribution in [0.3, 0.4) is 0 Å². The Bertz CT molecular complexity index is 10200. The van der Waals surface area contributed by atoms with Crippen molar-refractivity contribution in [2.24, 2.45) is 0 Å². The molecule has 5 heterocycles. The molecule has 0 aliphatic carbocycles. The quantitative estimate of drug-likeness (QED) is 0.113. The fourth-order valence-corrected chi connectivity index (χ4v) is 23.3. The van der Waals surface area contributed by atoms with E-state index in [9.17, 15) is 0 Å². The molecule has 29 rings (SSSR count). The van der Waals surface area contributed by atoms with Crippen LogP contribution in [0.1, 0.15) is 0 Å². The van der Waals surface area contributed by atoms with Gasteiger partial charge in [0.2, 0.25) is 0 Å². The van der Waals surface area contributed by atoms with Gasteiger partial charge in [0.25, 0.3) is 0 Å². The van der Waals surface area contributed by atoms with Crippen LogP contribution >= 0.6 is 63.7 Å². The van der Waals surface area contributed by atoms with Crippen molar-refractivity contribution in [3.63, 3.8) is 0 Å². The summed E-state index contributed by atoms with van der Waals surface area (Å²) in [5.41, 5.74) is 38.1. The molecule has 0 spiro atoms. The first-order valence-corrected chi connectivity index (χ1v) is 53.3. The maximum atomic E-state index is 6.34. The lowest BCUT2D eigenvalue weighted by Gasteiger charge is -2.13. The summed E-state index contributed by atoms with van der Waals surface area (Å²) >= 11 is 14.4. The highest BCUT2D eigenvalue weighted by atomic mass is 79.9. The zero-order valence-electron chi connectivity index (χ0n) is 80.7. The summed E-state index contributed by atoms with van der Waals surface area (Å²) in [5.74, 6) is 0. The number of rotatable bonds is 13. The number of aromatic nitrogens is 4. The molecule has 0 aliphatic heterocycles. The van der Waals surface area contributed by atoms with Gasteiger partial charge in [-0.15, -0.1) is 0 Å². The number of furan rings is 1. The van der Waals surface area contributed by atoms with E-state index in [1.165, 1.54) is 226 Å². The third-order valence-electron chi connectivity index (χ3n) is 29.1. The van der Waals surface area contributed by atoms with Gasteiger partial charge in [0.15, 0.2) is 0 Å². The minimum atomic E-state index is 0.902. The first-order valence-electron chi connectivity index (χ1n) is 50.1. The largest absolute Gasteiger partial charge is 0.456 e. The van der Waals surface area contributed by atoms with Crippen LogP contribution in [-0.2, 0) is 0 Å².